The molecule has 1 amide bonds. The summed E-state index contributed by atoms with van der Waals surface area (Å²) in [4.78, 5) is 27.3. The van der Waals surface area contributed by atoms with Gasteiger partial charge in [0, 0.05) is 28.5 Å². The second-order valence-electron chi connectivity index (χ2n) is 8.37. The van der Waals surface area contributed by atoms with E-state index in [2.05, 4.69) is 5.32 Å². The van der Waals surface area contributed by atoms with Crippen LogP contribution in [0, 0.1) is 0 Å². The fraction of sp³-hybridized carbons (Fsp3) is 0.103. The van der Waals surface area contributed by atoms with Crippen LogP contribution >= 0.6 is 11.6 Å². The van der Waals surface area contributed by atoms with Gasteiger partial charge in [0.05, 0.1) is 0 Å². The number of fused-ring (bicyclic) bond motifs is 1. The Morgan fingerprint density at radius 2 is 1.53 bits per heavy atom. The molecule has 5 heteroatoms. The number of amides is 1. The number of hydrogen-bond acceptors (Lipinski definition) is 3. The second-order valence-corrected chi connectivity index (χ2v) is 8.81. The molecule has 0 aliphatic carbocycles. The van der Waals surface area contributed by atoms with Crippen molar-refractivity contribution < 1.29 is 14.3 Å². The molecule has 1 aliphatic heterocycles. The van der Waals surface area contributed by atoms with Gasteiger partial charge >= 0.3 is 5.97 Å². The average Bonchev–Trinajstić information content (AvgIpc) is 2.86. The maximum absolute atomic E-state index is 13.8. The molecule has 0 saturated carbocycles. The van der Waals surface area contributed by atoms with Gasteiger partial charge in [-0.25, -0.2) is 4.79 Å². The Morgan fingerprint density at radius 1 is 0.853 bits per heavy atom. The van der Waals surface area contributed by atoms with Crippen molar-refractivity contribution in [1.82, 2.24) is 5.32 Å². The van der Waals surface area contributed by atoms with E-state index in [-0.39, 0.29) is 12.3 Å². The molecule has 4 aromatic rings. The van der Waals surface area contributed by atoms with Crippen LogP contribution in [0.15, 0.2) is 109 Å². The lowest BCUT2D eigenvalue weighted by Gasteiger charge is -2.43. The maximum atomic E-state index is 13.8. The zero-order valence-electron chi connectivity index (χ0n) is 18.3. The van der Waals surface area contributed by atoms with Crippen LogP contribution in [-0.4, -0.2) is 17.4 Å². The number of hydrogen-bond donors (Lipinski definition) is 1. The molecule has 1 heterocycles. The summed E-state index contributed by atoms with van der Waals surface area (Å²) in [6, 6.07) is 33.4. The topological polar surface area (TPSA) is 55.4 Å². The van der Waals surface area contributed by atoms with E-state index in [1.807, 2.05) is 72.8 Å². The Labute approximate surface area is 203 Å². The molecule has 1 aliphatic rings. The number of rotatable bonds is 5. The largest absolute Gasteiger partial charge is 0.424 e. The first-order chi connectivity index (χ1) is 16.6. The summed E-state index contributed by atoms with van der Waals surface area (Å²) in [5, 5.41) is 3.65. The molecule has 5 rings (SSSR count). The van der Waals surface area contributed by atoms with Crippen molar-refractivity contribution in [3.63, 3.8) is 0 Å². The van der Waals surface area contributed by atoms with Crippen LogP contribution in [0.4, 0.5) is 0 Å². The third-order valence-electron chi connectivity index (χ3n) is 6.17. The van der Waals surface area contributed by atoms with Crippen molar-refractivity contribution in [2.24, 2.45) is 0 Å². The third kappa shape index (κ3) is 4.09. The lowest BCUT2D eigenvalue weighted by molar-refractivity contribution is -0.143. The van der Waals surface area contributed by atoms with Crippen molar-refractivity contribution in [3.8, 4) is 5.75 Å². The summed E-state index contributed by atoms with van der Waals surface area (Å²) in [6.07, 6.45) is 0.247. The average molecular weight is 468 g/mol. The van der Waals surface area contributed by atoms with Crippen LogP contribution in [0.3, 0.4) is 0 Å². The van der Waals surface area contributed by atoms with E-state index in [9.17, 15) is 9.59 Å². The van der Waals surface area contributed by atoms with Crippen LogP contribution in [0.5, 0.6) is 5.75 Å². The predicted octanol–water partition coefficient (Wildman–Crippen LogP) is 5.80. The molecule has 0 unspecified atom stereocenters. The van der Waals surface area contributed by atoms with Crippen LogP contribution in [0.2, 0.25) is 5.02 Å². The minimum Gasteiger partial charge on any atom is -0.424 e. The molecule has 0 saturated heterocycles. The van der Waals surface area contributed by atoms with Gasteiger partial charge in [-0.05, 0) is 41.5 Å². The lowest BCUT2D eigenvalue weighted by Crippen LogP contribution is -2.63. The quantitative estimate of drug-likeness (QED) is 0.298. The predicted molar refractivity (Wildman–Crippen MR) is 132 cm³/mol. The zero-order valence-corrected chi connectivity index (χ0v) is 19.0. The van der Waals surface area contributed by atoms with Gasteiger partial charge in [0.15, 0.2) is 5.54 Å². The van der Waals surface area contributed by atoms with E-state index in [1.165, 1.54) is 0 Å². The van der Waals surface area contributed by atoms with Crippen LogP contribution in [0.1, 0.15) is 33.0 Å². The number of halogens is 1. The third-order valence-corrected chi connectivity index (χ3v) is 6.41. The molecule has 168 valence electrons. The van der Waals surface area contributed by atoms with Gasteiger partial charge in [0.2, 0.25) is 0 Å². The summed E-state index contributed by atoms with van der Waals surface area (Å²) >= 11 is 6.38. The fourth-order valence-corrected chi connectivity index (χ4v) is 4.86. The van der Waals surface area contributed by atoms with E-state index in [0.29, 0.717) is 16.3 Å². The van der Waals surface area contributed by atoms with Gasteiger partial charge in [0.25, 0.3) is 5.91 Å². The fourth-order valence-electron chi connectivity index (χ4n) is 4.66. The van der Waals surface area contributed by atoms with Crippen molar-refractivity contribution in [1.29, 1.82) is 0 Å². The normalized spacial score (nSPS) is 19.1. The summed E-state index contributed by atoms with van der Waals surface area (Å²) in [7, 11) is 0. The van der Waals surface area contributed by atoms with Crippen molar-refractivity contribution in [3.05, 3.63) is 136 Å². The molecule has 4 nitrogen and oxygen atoms in total. The first kappa shape index (κ1) is 21.9. The number of nitrogens with one attached hydrogen (secondary N) is 1. The van der Waals surface area contributed by atoms with E-state index >= 15 is 0 Å². The van der Waals surface area contributed by atoms with Crippen molar-refractivity contribution >= 4 is 23.5 Å². The summed E-state index contributed by atoms with van der Waals surface area (Å²) in [6.45, 7) is 0. The standard InChI is InChI=1S/C29H22ClNO3/c30-23-15-9-14-22(18-23)26-24-16-7-8-17-25(24)34-28(33)29(26,19-20-10-3-1-4-11-20)31-27(32)21-12-5-2-6-13-21/h1-18,26H,19H2,(H,31,32)/t26-,29+/m1/s1. The Hall–Kier alpha value is -3.89. The zero-order chi connectivity index (χ0) is 23.5. The lowest BCUT2D eigenvalue weighted by atomic mass is 9.70. The highest BCUT2D eigenvalue weighted by Gasteiger charge is 2.53. The van der Waals surface area contributed by atoms with Gasteiger partial charge in [-0.1, -0.05) is 90.5 Å². The molecular formula is C29H22ClNO3. The van der Waals surface area contributed by atoms with Gasteiger partial charge in [-0.3, -0.25) is 4.79 Å². The molecular weight excluding hydrogens is 446 g/mol. The number of para-hydroxylation sites is 1. The Balaban J connectivity index is 1.72. The van der Waals surface area contributed by atoms with Crippen LogP contribution in [0.25, 0.3) is 0 Å². The summed E-state index contributed by atoms with van der Waals surface area (Å²) in [5.74, 6) is -0.893. The van der Waals surface area contributed by atoms with Crippen LogP contribution in [-0.2, 0) is 11.2 Å². The SMILES string of the molecule is O=C(N[C@]1(Cc2ccccc2)C(=O)Oc2ccccc2[C@H]1c1cccc(Cl)c1)c1ccccc1. The van der Waals surface area contributed by atoms with E-state index < -0.39 is 17.4 Å². The molecule has 2 atom stereocenters. The number of benzene rings is 4. The summed E-state index contributed by atoms with van der Waals surface area (Å²) in [5.41, 5.74) is 1.60. The number of carbonyl (C=O) groups excluding carboxylic acids is 2. The van der Waals surface area contributed by atoms with Gasteiger partial charge in [-0.15, -0.1) is 0 Å². The molecule has 0 spiro atoms. The van der Waals surface area contributed by atoms with Gasteiger partial charge in [-0.2, -0.15) is 0 Å². The molecule has 0 radical (unpaired) electrons. The number of ether oxygens (including phenoxy) is 1. The first-order valence-electron chi connectivity index (χ1n) is 11.0. The Morgan fingerprint density at radius 3 is 2.26 bits per heavy atom. The maximum Gasteiger partial charge on any atom is 0.338 e. The van der Waals surface area contributed by atoms with E-state index in [0.717, 1.165) is 16.7 Å². The smallest absolute Gasteiger partial charge is 0.338 e. The monoisotopic (exact) mass is 467 g/mol. The van der Waals surface area contributed by atoms with Crippen molar-refractivity contribution in [2.45, 2.75) is 17.9 Å². The molecule has 34 heavy (non-hydrogen) atoms. The highest BCUT2D eigenvalue weighted by Crippen LogP contribution is 2.46. The number of esters is 1. The van der Waals surface area contributed by atoms with Gasteiger partial charge in [0.1, 0.15) is 5.75 Å². The first-order valence-corrected chi connectivity index (χ1v) is 11.4. The van der Waals surface area contributed by atoms with Gasteiger partial charge < -0.3 is 10.1 Å². The number of carbonyl (C=O) groups is 2. The Kier molecular flexibility index (Phi) is 5.91. The molecule has 0 fully saturated rings. The Bertz CT molecular complexity index is 1340. The molecule has 0 aromatic heterocycles. The molecule has 0 bridgehead atoms. The minimum atomic E-state index is -1.40. The summed E-state index contributed by atoms with van der Waals surface area (Å²) < 4.78 is 5.85. The van der Waals surface area contributed by atoms with E-state index in [4.69, 9.17) is 16.3 Å². The second kappa shape index (κ2) is 9.16. The highest BCUT2D eigenvalue weighted by atomic mass is 35.5. The minimum absolute atomic E-state index is 0.247. The van der Waals surface area contributed by atoms with E-state index in [1.54, 1.807) is 36.4 Å². The van der Waals surface area contributed by atoms with Crippen molar-refractivity contribution in [2.75, 3.05) is 0 Å². The highest BCUT2D eigenvalue weighted by molar-refractivity contribution is 6.30. The molecule has 4 aromatic carbocycles. The molecule has 1 N–H and O–H groups in total. The van der Waals surface area contributed by atoms with Crippen LogP contribution < -0.4 is 10.1 Å².